The molecule has 0 amide bonds. The maximum atomic E-state index is 13.9. The number of hydrogen-bond donors (Lipinski definition) is 1. The monoisotopic (exact) mass is 312 g/mol. The van der Waals surface area contributed by atoms with E-state index in [0.717, 1.165) is 37.3 Å². The van der Waals surface area contributed by atoms with Gasteiger partial charge in [0.1, 0.15) is 5.82 Å². The van der Waals surface area contributed by atoms with E-state index in [2.05, 4.69) is 24.1 Å². The highest BCUT2D eigenvalue weighted by Gasteiger charge is 2.16. The molecule has 0 unspecified atom stereocenters. The minimum atomic E-state index is -0.683. The summed E-state index contributed by atoms with van der Waals surface area (Å²) in [5.41, 5.74) is 1.86. The quantitative estimate of drug-likeness (QED) is 0.873. The lowest BCUT2D eigenvalue weighted by atomic mass is 10.1. The van der Waals surface area contributed by atoms with Crippen LogP contribution in [0.3, 0.4) is 0 Å². The van der Waals surface area contributed by atoms with Crippen molar-refractivity contribution in [3.8, 4) is 0 Å². The van der Waals surface area contributed by atoms with Crippen molar-refractivity contribution in [2.75, 3.05) is 31.1 Å². The van der Waals surface area contributed by atoms with E-state index in [0.29, 0.717) is 24.0 Å². The summed E-state index contributed by atoms with van der Waals surface area (Å²) < 4.78 is 25.3. The molecule has 0 aliphatic carbocycles. The molecule has 0 bridgehead atoms. The van der Waals surface area contributed by atoms with Crippen LogP contribution in [-0.2, 0) is 23.9 Å². The van der Waals surface area contributed by atoms with Gasteiger partial charge in [-0.1, -0.05) is 26.0 Å². The van der Waals surface area contributed by atoms with Gasteiger partial charge >= 0.3 is 0 Å². The molecule has 1 saturated heterocycles. The normalized spacial score (nSPS) is 17.5. The number of rotatable bonds is 6. The fraction of sp³-hybridized carbons (Fsp3) is 0.625. The molecule has 0 spiro atoms. The van der Waals surface area contributed by atoms with Gasteiger partial charge in [0.05, 0.1) is 0 Å². The average molecular weight is 312 g/mol. The van der Waals surface area contributed by atoms with Crippen molar-refractivity contribution in [2.24, 2.45) is 5.92 Å². The van der Waals surface area contributed by atoms with Crippen molar-refractivity contribution < 1.29 is 8.60 Å². The number of benzene rings is 1. The Morgan fingerprint density at radius 3 is 2.71 bits per heavy atom. The summed E-state index contributed by atoms with van der Waals surface area (Å²) in [6.07, 6.45) is 0. The van der Waals surface area contributed by atoms with Crippen LogP contribution in [-0.4, -0.2) is 40.2 Å². The molecular formula is C16H25FN2OS. The van der Waals surface area contributed by atoms with Crippen LogP contribution in [0.15, 0.2) is 18.2 Å². The van der Waals surface area contributed by atoms with E-state index >= 15 is 0 Å². The van der Waals surface area contributed by atoms with Crippen LogP contribution < -0.4 is 5.32 Å². The van der Waals surface area contributed by atoms with Crippen LogP contribution in [0.1, 0.15) is 25.0 Å². The molecule has 1 N–H and O–H groups in total. The average Bonchev–Trinajstić information content (AvgIpc) is 2.44. The predicted molar refractivity (Wildman–Crippen MR) is 86.1 cm³/mol. The molecule has 5 heteroatoms. The van der Waals surface area contributed by atoms with E-state index in [1.807, 2.05) is 12.1 Å². The highest BCUT2D eigenvalue weighted by molar-refractivity contribution is 7.85. The van der Waals surface area contributed by atoms with Crippen molar-refractivity contribution >= 4 is 10.8 Å². The number of nitrogens with zero attached hydrogens (tertiary/aromatic N) is 1. The molecule has 1 fully saturated rings. The highest BCUT2D eigenvalue weighted by Crippen LogP contribution is 2.14. The van der Waals surface area contributed by atoms with Crippen LogP contribution in [0, 0.1) is 11.7 Å². The number of nitrogens with one attached hydrogen (secondary N) is 1. The van der Waals surface area contributed by atoms with E-state index in [1.165, 1.54) is 0 Å². The van der Waals surface area contributed by atoms with E-state index < -0.39 is 10.8 Å². The predicted octanol–water partition coefficient (Wildman–Crippen LogP) is 2.14. The molecule has 0 saturated carbocycles. The highest BCUT2D eigenvalue weighted by atomic mass is 32.2. The fourth-order valence-electron chi connectivity index (χ4n) is 2.44. The van der Waals surface area contributed by atoms with Gasteiger partial charge in [-0.3, -0.25) is 9.11 Å². The standard InChI is InChI=1S/C16H25FN2OS/c1-13(2)10-18-11-14-3-4-16(17)15(9-14)12-19-5-7-21(20)8-6-19/h3-4,9,13,18H,5-8,10-12H2,1-2H3. The molecule has 2 rings (SSSR count). The summed E-state index contributed by atoms with van der Waals surface area (Å²) in [6, 6.07) is 5.36. The Kier molecular flexibility index (Phi) is 6.33. The topological polar surface area (TPSA) is 32.3 Å². The molecule has 1 aliphatic rings. The van der Waals surface area contributed by atoms with Crippen LogP contribution in [0.5, 0.6) is 0 Å². The lowest BCUT2D eigenvalue weighted by Gasteiger charge is -2.26. The van der Waals surface area contributed by atoms with Crippen molar-refractivity contribution in [1.29, 1.82) is 0 Å². The minimum Gasteiger partial charge on any atom is -0.312 e. The first-order valence-corrected chi connectivity index (χ1v) is 9.08. The third kappa shape index (κ3) is 5.49. The minimum absolute atomic E-state index is 0.144. The van der Waals surface area contributed by atoms with Gasteiger partial charge in [0.15, 0.2) is 0 Å². The Labute approximate surface area is 129 Å². The van der Waals surface area contributed by atoms with Crippen LogP contribution >= 0.6 is 0 Å². The maximum Gasteiger partial charge on any atom is 0.127 e. The first kappa shape index (κ1) is 16.6. The van der Waals surface area contributed by atoms with Gasteiger partial charge in [-0.15, -0.1) is 0 Å². The van der Waals surface area contributed by atoms with Crippen LogP contribution in [0.25, 0.3) is 0 Å². The number of halogens is 1. The smallest absolute Gasteiger partial charge is 0.127 e. The molecule has 1 aromatic carbocycles. The zero-order chi connectivity index (χ0) is 15.2. The Morgan fingerprint density at radius 2 is 2.05 bits per heavy atom. The van der Waals surface area contributed by atoms with Gasteiger partial charge in [0.25, 0.3) is 0 Å². The Bertz CT molecular complexity index is 483. The second-order valence-corrected chi connectivity index (χ2v) is 7.77. The summed E-state index contributed by atoms with van der Waals surface area (Å²) in [5, 5.41) is 3.38. The molecule has 3 nitrogen and oxygen atoms in total. The van der Waals surface area contributed by atoms with Crippen molar-refractivity contribution in [3.63, 3.8) is 0 Å². The Morgan fingerprint density at radius 1 is 1.33 bits per heavy atom. The Hall–Kier alpha value is -0.780. The van der Waals surface area contributed by atoms with Gasteiger partial charge in [0.2, 0.25) is 0 Å². The molecule has 0 aromatic heterocycles. The lowest BCUT2D eigenvalue weighted by Crippen LogP contribution is -2.37. The van der Waals surface area contributed by atoms with E-state index in [1.54, 1.807) is 6.07 Å². The molecule has 0 radical (unpaired) electrons. The third-order valence-electron chi connectivity index (χ3n) is 3.66. The summed E-state index contributed by atoms with van der Waals surface area (Å²) >= 11 is 0. The van der Waals surface area contributed by atoms with E-state index in [-0.39, 0.29) is 5.82 Å². The Balaban J connectivity index is 1.93. The molecule has 1 aromatic rings. The largest absolute Gasteiger partial charge is 0.312 e. The van der Waals surface area contributed by atoms with Gasteiger partial charge in [-0.2, -0.15) is 0 Å². The van der Waals surface area contributed by atoms with E-state index in [4.69, 9.17) is 0 Å². The molecule has 118 valence electrons. The van der Waals surface area contributed by atoms with E-state index in [9.17, 15) is 8.60 Å². The lowest BCUT2D eigenvalue weighted by molar-refractivity contribution is 0.287. The zero-order valence-corrected chi connectivity index (χ0v) is 13.7. The van der Waals surface area contributed by atoms with Gasteiger partial charge in [-0.05, 0) is 24.1 Å². The molecule has 0 atom stereocenters. The van der Waals surface area contributed by atoms with Gasteiger partial charge in [-0.25, -0.2) is 4.39 Å². The van der Waals surface area contributed by atoms with Crippen molar-refractivity contribution in [3.05, 3.63) is 35.1 Å². The summed E-state index contributed by atoms with van der Waals surface area (Å²) in [6.45, 7) is 8.28. The van der Waals surface area contributed by atoms with Crippen molar-refractivity contribution in [2.45, 2.75) is 26.9 Å². The second-order valence-electron chi connectivity index (χ2n) is 6.07. The second kappa shape index (κ2) is 8.01. The summed E-state index contributed by atoms with van der Waals surface area (Å²) in [7, 11) is -0.683. The third-order valence-corrected chi connectivity index (χ3v) is 4.93. The number of hydrogen-bond acceptors (Lipinski definition) is 3. The molecule has 1 heterocycles. The van der Waals surface area contributed by atoms with Gasteiger partial charge < -0.3 is 5.32 Å². The fourth-order valence-corrected chi connectivity index (χ4v) is 3.57. The summed E-state index contributed by atoms with van der Waals surface area (Å²) in [4.78, 5) is 2.19. The molecule has 21 heavy (non-hydrogen) atoms. The first-order valence-electron chi connectivity index (χ1n) is 7.60. The van der Waals surface area contributed by atoms with Crippen LogP contribution in [0.4, 0.5) is 4.39 Å². The SMILES string of the molecule is CC(C)CNCc1ccc(F)c(CN2CCS(=O)CC2)c1. The zero-order valence-electron chi connectivity index (χ0n) is 12.9. The molecular weight excluding hydrogens is 287 g/mol. The van der Waals surface area contributed by atoms with Crippen LogP contribution in [0.2, 0.25) is 0 Å². The maximum absolute atomic E-state index is 13.9. The molecule has 1 aliphatic heterocycles. The van der Waals surface area contributed by atoms with Crippen molar-refractivity contribution in [1.82, 2.24) is 10.2 Å². The first-order chi connectivity index (χ1) is 10.0. The van der Waals surface area contributed by atoms with Gasteiger partial charge in [0, 0.05) is 54.0 Å². The summed E-state index contributed by atoms with van der Waals surface area (Å²) in [5.74, 6) is 1.88.